The predicted molar refractivity (Wildman–Crippen MR) is 121 cm³/mol. The van der Waals surface area contributed by atoms with Crippen LogP contribution >= 0.6 is 24.0 Å². The highest BCUT2D eigenvalue weighted by atomic mass is 127. The van der Waals surface area contributed by atoms with Gasteiger partial charge in [-0.05, 0) is 48.1 Å². The highest BCUT2D eigenvalue weighted by Gasteiger charge is 2.11. The Kier molecular flexibility index (Phi) is 6.49. The van der Waals surface area contributed by atoms with E-state index in [1.165, 1.54) is 29.5 Å². The van der Waals surface area contributed by atoms with Gasteiger partial charge in [-0.15, -0.1) is 24.0 Å². The van der Waals surface area contributed by atoms with E-state index in [9.17, 15) is 0 Å². The number of aryl methyl sites for hydroxylation is 2. The Labute approximate surface area is 176 Å². The lowest BCUT2D eigenvalue weighted by molar-refractivity contribution is 0.724. The standard InChI is InChI=1S/C21H23N5.HI/c22-21(25-19-10-9-17-7-4-8-18(17)13-19)24-14-20-23-11-12-26(20)15-16-5-2-1-3-6-16;/h1-3,5-6,9-13H,4,7-8,14-15H2,(H3,22,24,25);1H. The van der Waals surface area contributed by atoms with Gasteiger partial charge in [-0.3, -0.25) is 0 Å². The number of fused-ring (bicyclic) bond motifs is 1. The highest BCUT2D eigenvalue weighted by Crippen LogP contribution is 2.24. The molecule has 0 radical (unpaired) electrons. The van der Waals surface area contributed by atoms with Crippen molar-refractivity contribution in [2.24, 2.45) is 10.7 Å². The van der Waals surface area contributed by atoms with Crippen molar-refractivity contribution in [1.29, 1.82) is 0 Å². The fraction of sp³-hybridized carbons (Fsp3) is 0.238. The average molecular weight is 473 g/mol. The van der Waals surface area contributed by atoms with Gasteiger partial charge in [0.05, 0.1) is 0 Å². The Bertz CT molecular complexity index is 917. The van der Waals surface area contributed by atoms with Crippen LogP contribution < -0.4 is 11.1 Å². The number of guanidine groups is 1. The minimum atomic E-state index is 0. The molecule has 0 atom stereocenters. The normalized spacial score (nSPS) is 13.1. The van der Waals surface area contributed by atoms with Crippen molar-refractivity contribution in [2.75, 3.05) is 5.32 Å². The van der Waals surface area contributed by atoms with Crippen molar-refractivity contribution in [2.45, 2.75) is 32.4 Å². The predicted octanol–water partition coefficient (Wildman–Crippen LogP) is 3.96. The molecule has 6 heteroatoms. The smallest absolute Gasteiger partial charge is 0.193 e. The molecule has 0 spiro atoms. The Balaban J connectivity index is 0.00000210. The molecule has 3 N–H and O–H groups in total. The second-order valence-electron chi connectivity index (χ2n) is 6.62. The lowest BCUT2D eigenvalue weighted by Gasteiger charge is -2.09. The van der Waals surface area contributed by atoms with Crippen LogP contribution in [-0.4, -0.2) is 15.5 Å². The van der Waals surface area contributed by atoms with Gasteiger partial charge in [0.2, 0.25) is 0 Å². The number of hydrogen-bond acceptors (Lipinski definition) is 2. The van der Waals surface area contributed by atoms with Gasteiger partial charge in [0.15, 0.2) is 5.96 Å². The second-order valence-corrected chi connectivity index (χ2v) is 6.62. The van der Waals surface area contributed by atoms with Crippen molar-refractivity contribution in [3.8, 4) is 0 Å². The summed E-state index contributed by atoms with van der Waals surface area (Å²) in [6, 6.07) is 16.8. The lowest BCUT2D eigenvalue weighted by Crippen LogP contribution is -2.23. The van der Waals surface area contributed by atoms with E-state index in [0.717, 1.165) is 24.5 Å². The van der Waals surface area contributed by atoms with Crippen molar-refractivity contribution in [3.63, 3.8) is 0 Å². The summed E-state index contributed by atoms with van der Waals surface area (Å²) in [7, 11) is 0. The third-order valence-electron chi connectivity index (χ3n) is 4.76. The van der Waals surface area contributed by atoms with E-state index in [4.69, 9.17) is 5.73 Å². The number of imidazole rings is 1. The average Bonchev–Trinajstić information content (AvgIpc) is 3.29. The van der Waals surface area contributed by atoms with E-state index in [-0.39, 0.29) is 24.0 Å². The van der Waals surface area contributed by atoms with Crippen LogP contribution in [0, 0.1) is 0 Å². The van der Waals surface area contributed by atoms with Crippen LogP contribution in [0.2, 0.25) is 0 Å². The largest absolute Gasteiger partial charge is 0.370 e. The first-order chi connectivity index (χ1) is 12.8. The summed E-state index contributed by atoms with van der Waals surface area (Å²) >= 11 is 0. The quantitative estimate of drug-likeness (QED) is 0.335. The first-order valence-corrected chi connectivity index (χ1v) is 9.00. The molecular weight excluding hydrogens is 449 g/mol. The molecule has 27 heavy (non-hydrogen) atoms. The second kappa shape index (κ2) is 9.03. The van der Waals surface area contributed by atoms with E-state index in [0.29, 0.717) is 12.5 Å². The Morgan fingerprint density at radius 1 is 1.11 bits per heavy atom. The third-order valence-corrected chi connectivity index (χ3v) is 4.76. The van der Waals surface area contributed by atoms with Gasteiger partial charge in [0.1, 0.15) is 12.4 Å². The monoisotopic (exact) mass is 473 g/mol. The molecule has 2 aromatic carbocycles. The molecule has 4 rings (SSSR count). The van der Waals surface area contributed by atoms with Crippen LogP contribution in [0.25, 0.3) is 0 Å². The number of halogens is 1. The van der Waals surface area contributed by atoms with E-state index in [2.05, 4.69) is 50.2 Å². The minimum Gasteiger partial charge on any atom is -0.370 e. The number of aliphatic imine (C=N–C) groups is 1. The first-order valence-electron chi connectivity index (χ1n) is 9.00. The van der Waals surface area contributed by atoms with Crippen LogP contribution in [0.1, 0.15) is 28.9 Å². The molecule has 0 aliphatic heterocycles. The van der Waals surface area contributed by atoms with E-state index in [1.807, 2.05) is 24.4 Å². The Hall–Kier alpha value is -2.35. The number of nitrogens with zero attached hydrogens (tertiary/aromatic N) is 3. The number of benzene rings is 2. The molecule has 1 heterocycles. The zero-order chi connectivity index (χ0) is 17.8. The summed E-state index contributed by atoms with van der Waals surface area (Å²) in [4.78, 5) is 8.87. The number of nitrogens with one attached hydrogen (secondary N) is 1. The molecule has 1 aliphatic carbocycles. The molecule has 1 aliphatic rings. The number of hydrogen-bond donors (Lipinski definition) is 2. The summed E-state index contributed by atoms with van der Waals surface area (Å²) in [6.07, 6.45) is 7.36. The SMILES string of the molecule is I.NC(=NCc1nccn1Cc1ccccc1)Nc1ccc2c(c1)CCC2. The maximum Gasteiger partial charge on any atom is 0.193 e. The van der Waals surface area contributed by atoms with Crippen LogP contribution in [0.15, 0.2) is 65.9 Å². The van der Waals surface area contributed by atoms with Gasteiger partial charge < -0.3 is 15.6 Å². The fourth-order valence-corrected chi connectivity index (χ4v) is 3.41. The van der Waals surface area contributed by atoms with Gasteiger partial charge in [-0.2, -0.15) is 0 Å². The van der Waals surface area contributed by atoms with Crippen molar-refractivity contribution in [1.82, 2.24) is 9.55 Å². The van der Waals surface area contributed by atoms with Gasteiger partial charge in [-0.1, -0.05) is 36.4 Å². The molecule has 3 aromatic rings. The Morgan fingerprint density at radius 3 is 2.78 bits per heavy atom. The topological polar surface area (TPSA) is 68.2 Å². The van der Waals surface area contributed by atoms with Crippen LogP contribution in [0.3, 0.4) is 0 Å². The van der Waals surface area contributed by atoms with Crippen LogP contribution in [-0.2, 0) is 25.9 Å². The summed E-state index contributed by atoms with van der Waals surface area (Å²) < 4.78 is 2.10. The fourth-order valence-electron chi connectivity index (χ4n) is 3.41. The maximum atomic E-state index is 6.07. The number of anilines is 1. The van der Waals surface area contributed by atoms with Crippen LogP contribution in [0.5, 0.6) is 0 Å². The van der Waals surface area contributed by atoms with Gasteiger partial charge in [0.25, 0.3) is 0 Å². The molecule has 1 aromatic heterocycles. The molecule has 0 saturated heterocycles. The molecule has 0 bridgehead atoms. The molecule has 0 fully saturated rings. The van der Waals surface area contributed by atoms with Crippen molar-refractivity contribution < 1.29 is 0 Å². The van der Waals surface area contributed by atoms with Gasteiger partial charge in [0, 0.05) is 24.6 Å². The zero-order valence-corrected chi connectivity index (χ0v) is 17.5. The Morgan fingerprint density at radius 2 is 1.93 bits per heavy atom. The van der Waals surface area contributed by atoms with Crippen molar-refractivity contribution in [3.05, 3.63) is 83.4 Å². The summed E-state index contributed by atoms with van der Waals surface area (Å²) in [5.41, 5.74) is 11.2. The van der Waals surface area contributed by atoms with Gasteiger partial charge in [-0.25, -0.2) is 9.98 Å². The summed E-state index contributed by atoms with van der Waals surface area (Å²) in [5.74, 6) is 1.31. The number of nitrogens with two attached hydrogens (primary N) is 1. The molecule has 140 valence electrons. The van der Waals surface area contributed by atoms with Gasteiger partial charge >= 0.3 is 0 Å². The molecule has 5 nitrogen and oxygen atoms in total. The molecule has 0 amide bonds. The first kappa shape index (κ1) is 19.4. The molecule has 0 unspecified atom stereocenters. The van der Waals surface area contributed by atoms with E-state index < -0.39 is 0 Å². The number of rotatable bonds is 5. The van der Waals surface area contributed by atoms with E-state index in [1.54, 1.807) is 6.20 Å². The molecule has 0 saturated carbocycles. The van der Waals surface area contributed by atoms with Crippen LogP contribution in [0.4, 0.5) is 5.69 Å². The van der Waals surface area contributed by atoms with Crippen molar-refractivity contribution >= 4 is 35.6 Å². The highest BCUT2D eigenvalue weighted by molar-refractivity contribution is 14.0. The summed E-state index contributed by atoms with van der Waals surface area (Å²) in [5, 5.41) is 3.19. The minimum absolute atomic E-state index is 0. The molecular formula is C21H24IN5. The summed E-state index contributed by atoms with van der Waals surface area (Å²) in [6.45, 7) is 1.23. The number of aromatic nitrogens is 2. The van der Waals surface area contributed by atoms with E-state index >= 15 is 0 Å². The zero-order valence-electron chi connectivity index (χ0n) is 15.1. The maximum absolute atomic E-state index is 6.07. The lowest BCUT2D eigenvalue weighted by atomic mass is 10.1. The third kappa shape index (κ3) is 4.88.